The molecular formula is C21H18N2. The van der Waals surface area contributed by atoms with Crippen LogP contribution in [0.3, 0.4) is 0 Å². The van der Waals surface area contributed by atoms with Crippen LogP contribution >= 0.6 is 0 Å². The summed E-state index contributed by atoms with van der Waals surface area (Å²) in [6.07, 6.45) is 1.13. The van der Waals surface area contributed by atoms with Gasteiger partial charge in [0.2, 0.25) is 0 Å². The van der Waals surface area contributed by atoms with Crippen molar-refractivity contribution in [2.24, 2.45) is 0 Å². The van der Waals surface area contributed by atoms with Crippen molar-refractivity contribution in [3.05, 3.63) is 77.9 Å². The summed E-state index contributed by atoms with van der Waals surface area (Å²) >= 11 is 0. The minimum absolute atomic E-state index is 1.00. The number of nitrogens with one attached hydrogen (secondary N) is 1. The number of aromatic nitrogens is 1. The summed E-state index contributed by atoms with van der Waals surface area (Å²) in [5, 5.41) is 2.61. The number of benzene rings is 3. The highest BCUT2D eigenvalue weighted by atomic mass is 15.1. The zero-order chi connectivity index (χ0) is 15.2. The number of nitrogens with zero attached hydrogens (tertiary/aromatic N) is 1. The molecule has 23 heavy (non-hydrogen) atoms. The summed E-state index contributed by atoms with van der Waals surface area (Å²) in [6, 6.07) is 24.1. The first-order valence-electron chi connectivity index (χ1n) is 8.21. The predicted octanol–water partition coefficient (Wildman–Crippen LogP) is 4.88. The third kappa shape index (κ3) is 2.02. The van der Waals surface area contributed by atoms with Gasteiger partial charge in [0.25, 0.3) is 0 Å². The molecule has 2 nitrogen and oxygen atoms in total. The fraction of sp³-hybridized carbons (Fsp3) is 0.143. The van der Waals surface area contributed by atoms with Gasteiger partial charge in [0.15, 0.2) is 0 Å². The van der Waals surface area contributed by atoms with Crippen molar-refractivity contribution < 1.29 is 0 Å². The zero-order valence-electron chi connectivity index (χ0n) is 12.9. The van der Waals surface area contributed by atoms with Gasteiger partial charge in [0, 0.05) is 40.6 Å². The highest BCUT2D eigenvalue weighted by Gasteiger charge is 2.16. The Morgan fingerprint density at radius 1 is 0.739 bits per heavy atom. The molecule has 3 aromatic carbocycles. The van der Waals surface area contributed by atoms with Crippen molar-refractivity contribution in [3.63, 3.8) is 0 Å². The van der Waals surface area contributed by atoms with Gasteiger partial charge in [-0.15, -0.1) is 0 Å². The highest BCUT2D eigenvalue weighted by molar-refractivity contribution is 6.07. The molecule has 4 aromatic rings. The quantitative estimate of drug-likeness (QED) is 0.530. The molecular weight excluding hydrogens is 280 g/mol. The standard InChI is InChI=1S/C21H18N2/c1-2-6-16-14-23(12-11-15(16)5-1)17-9-10-19-18-7-3-4-8-20(18)22-21(19)13-17/h1-10,13,22H,11-12,14H2. The van der Waals surface area contributed by atoms with Crippen molar-refractivity contribution in [2.45, 2.75) is 13.0 Å². The summed E-state index contributed by atoms with van der Waals surface area (Å²) in [7, 11) is 0. The molecule has 0 radical (unpaired) electrons. The molecule has 2 heterocycles. The van der Waals surface area contributed by atoms with E-state index in [-0.39, 0.29) is 0 Å². The van der Waals surface area contributed by atoms with Crippen molar-refractivity contribution in [1.29, 1.82) is 0 Å². The molecule has 0 bridgehead atoms. The fourth-order valence-electron chi connectivity index (χ4n) is 3.76. The van der Waals surface area contributed by atoms with E-state index < -0.39 is 0 Å². The lowest BCUT2D eigenvalue weighted by Crippen LogP contribution is -2.30. The maximum atomic E-state index is 3.55. The minimum Gasteiger partial charge on any atom is -0.367 e. The molecule has 0 unspecified atom stereocenters. The van der Waals surface area contributed by atoms with E-state index in [1.54, 1.807) is 0 Å². The highest BCUT2D eigenvalue weighted by Crippen LogP contribution is 2.30. The van der Waals surface area contributed by atoms with Crippen LogP contribution in [0, 0.1) is 0 Å². The van der Waals surface area contributed by atoms with Gasteiger partial charge < -0.3 is 9.88 Å². The topological polar surface area (TPSA) is 19.0 Å². The van der Waals surface area contributed by atoms with Gasteiger partial charge in [0.05, 0.1) is 0 Å². The lowest BCUT2D eigenvalue weighted by atomic mass is 9.99. The minimum atomic E-state index is 1.00. The molecule has 0 saturated carbocycles. The van der Waals surface area contributed by atoms with Crippen LogP contribution in [0.5, 0.6) is 0 Å². The van der Waals surface area contributed by atoms with Crippen LogP contribution in [-0.4, -0.2) is 11.5 Å². The third-order valence-corrected chi connectivity index (χ3v) is 4.99. The average Bonchev–Trinajstić information content (AvgIpc) is 2.99. The Morgan fingerprint density at radius 3 is 2.48 bits per heavy atom. The Morgan fingerprint density at radius 2 is 1.52 bits per heavy atom. The van der Waals surface area contributed by atoms with Crippen molar-refractivity contribution >= 4 is 27.5 Å². The van der Waals surface area contributed by atoms with E-state index in [0.717, 1.165) is 19.5 Å². The Bertz CT molecular complexity index is 1010. The van der Waals surface area contributed by atoms with Crippen LogP contribution in [0.25, 0.3) is 21.8 Å². The Balaban J connectivity index is 1.57. The molecule has 112 valence electrons. The van der Waals surface area contributed by atoms with Gasteiger partial charge in [0.1, 0.15) is 0 Å². The van der Waals surface area contributed by atoms with Gasteiger partial charge >= 0.3 is 0 Å². The third-order valence-electron chi connectivity index (χ3n) is 4.99. The molecule has 1 aliphatic heterocycles. The summed E-state index contributed by atoms with van der Waals surface area (Å²) in [4.78, 5) is 6.03. The lowest BCUT2D eigenvalue weighted by Gasteiger charge is -2.30. The van der Waals surface area contributed by atoms with Gasteiger partial charge in [-0.25, -0.2) is 0 Å². The van der Waals surface area contributed by atoms with E-state index in [9.17, 15) is 0 Å². The molecule has 1 aliphatic rings. The van der Waals surface area contributed by atoms with E-state index in [0.29, 0.717) is 0 Å². The zero-order valence-corrected chi connectivity index (χ0v) is 12.9. The Labute approximate surface area is 135 Å². The van der Waals surface area contributed by atoms with E-state index in [1.807, 2.05) is 0 Å². The van der Waals surface area contributed by atoms with Crippen LogP contribution in [0.1, 0.15) is 11.1 Å². The second kappa shape index (κ2) is 4.88. The Hall–Kier alpha value is -2.74. The number of anilines is 1. The smallest absolute Gasteiger partial charge is 0.0485 e. The maximum absolute atomic E-state index is 3.55. The molecule has 0 atom stereocenters. The second-order valence-electron chi connectivity index (χ2n) is 6.34. The average molecular weight is 298 g/mol. The van der Waals surface area contributed by atoms with Gasteiger partial charge in [-0.1, -0.05) is 48.5 Å². The lowest BCUT2D eigenvalue weighted by molar-refractivity contribution is 0.732. The van der Waals surface area contributed by atoms with E-state index >= 15 is 0 Å². The number of aromatic amines is 1. The SMILES string of the molecule is c1ccc2c(c1)CCN(c1ccc3c(c1)[nH]c1ccccc13)C2. The van der Waals surface area contributed by atoms with Gasteiger partial charge in [-0.05, 0) is 35.7 Å². The molecule has 1 aromatic heterocycles. The first kappa shape index (κ1) is 12.8. The van der Waals surface area contributed by atoms with Gasteiger partial charge in [-0.3, -0.25) is 0 Å². The molecule has 5 rings (SSSR count). The van der Waals surface area contributed by atoms with Crippen LogP contribution in [0.4, 0.5) is 5.69 Å². The normalized spacial score (nSPS) is 14.3. The number of rotatable bonds is 1. The second-order valence-corrected chi connectivity index (χ2v) is 6.34. The van der Waals surface area contributed by atoms with E-state index in [2.05, 4.69) is 76.6 Å². The molecule has 0 fully saturated rings. The predicted molar refractivity (Wildman–Crippen MR) is 97.0 cm³/mol. The number of hydrogen-bond donors (Lipinski definition) is 1. The summed E-state index contributed by atoms with van der Waals surface area (Å²) in [5.74, 6) is 0. The van der Waals surface area contributed by atoms with Crippen molar-refractivity contribution in [3.8, 4) is 0 Å². The molecule has 0 aliphatic carbocycles. The fourth-order valence-corrected chi connectivity index (χ4v) is 3.76. The largest absolute Gasteiger partial charge is 0.367 e. The molecule has 0 spiro atoms. The Kier molecular flexibility index (Phi) is 2.71. The van der Waals surface area contributed by atoms with Crippen LogP contribution < -0.4 is 4.90 Å². The first-order valence-corrected chi connectivity index (χ1v) is 8.21. The van der Waals surface area contributed by atoms with Gasteiger partial charge in [-0.2, -0.15) is 0 Å². The van der Waals surface area contributed by atoms with Crippen molar-refractivity contribution in [1.82, 2.24) is 4.98 Å². The van der Waals surface area contributed by atoms with Crippen LogP contribution in [0.15, 0.2) is 66.7 Å². The molecule has 1 N–H and O–H groups in total. The van der Waals surface area contributed by atoms with Crippen LogP contribution in [-0.2, 0) is 13.0 Å². The summed E-state index contributed by atoms with van der Waals surface area (Å²) in [6.45, 7) is 2.09. The van der Waals surface area contributed by atoms with Crippen LogP contribution in [0.2, 0.25) is 0 Å². The van der Waals surface area contributed by atoms with Crippen molar-refractivity contribution in [2.75, 3.05) is 11.4 Å². The number of fused-ring (bicyclic) bond motifs is 4. The van der Waals surface area contributed by atoms with E-state index in [1.165, 1.54) is 38.6 Å². The molecule has 0 amide bonds. The summed E-state index contributed by atoms with van der Waals surface area (Å²) in [5.41, 5.74) is 6.69. The number of H-pyrrole nitrogens is 1. The monoisotopic (exact) mass is 298 g/mol. The summed E-state index contributed by atoms with van der Waals surface area (Å²) < 4.78 is 0. The first-order chi connectivity index (χ1) is 11.4. The molecule has 2 heteroatoms. The number of para-hydroxylation sites is 1. The maximum Gasteiger partial charge on any atom is 0.0485 e. The number of hydrogen-bond acceptors (Lipinski definition) is 1. The molecule has 0 saturated heterocycles. The van der Waals surface area contributed by atoms with E-state index in [4.69, 9.17) is 0 Å².